The lowest BCUT2D eigenvalue weighted by atomic mass is 10.3. The Morgan fingerprint density at radius 3 is 2.52 bits per heavy atom. The van der Waals surface area contributed by atoms with Crippen molar-refractivity contribution in [3.05, 3.63) is 0 Å². The van der Waals surface area contributed by atoms with Crippen molar-refractivity contribution in [2.45, 2.75) is 20.3 Å². The van der Waals surface area contributed by atoms with Gasteiger partial charge in [-0.05, 0) is 13.3 Å². The van der Waals surface area contributed by atoms with Gasteiger partial charge >= 0.3 is 0 Å². The first-order valence-electron chi connectivity index (χ1n) is 9.24. The highest BCUT2D eigenvalue weighted by Gasteiger charge is 2.17. The molecule has 1 saturated heterocycles. The molecule has 1 aliphatic rings. The molecule has 0 aliphatic carbocycles. The molecule has 0 saturated carbocycles. The SMILES string of the molecule is CCNC(=NCCCOCCOC)NCCN1CCN(C(C)=O)CC1. The van der Waals surface area contributed by atoms with Gasteiger partial charge in [-0.25, -0.2) is 0 Å². The number of amides is 1. The van der Waals surface area contributed by atoms with Crippen LogP contribution in [0.5, 0.6) is 0 Å². The van der Waals surface area contributed by atoms with E-state index >= 15 is 0 Å². The number of guanidine groups is 1. The Balaban J connectivity index is 2.15. The highest BCUT2D eigenvalue weighted by molar-refractivity contribution is 5.79. The number of ether oxygens (including phenoxy) is 2. The molecule has 0 aromatic heterocycles. The summed E-state index contributed by atoms with van der Waals surface area (Å²) in [5, 5.41) is 6.63. The monoisotopic (exact) mass is 357 g/mol. The first kappa shape index (κ1) is 21.7. The highest BCUT2D eigenvalue weighted by atomic mass is 16.5. The fraction of sp³-hybridized carbons (Fsp3) is 0.882. The Labute approximate surface area is 151 Å². The molecule has 0 spiro atoms. The summed E-state index contributed by atoms with van der Waals surface area (Å²) in [6, 6.07) is 0. The lowest BCUT2D eigenvalue weighted by Crippen LogP contribution is -2.50. The maximum Gasteiger partial charge on any atom is 0.219 e. The summed E-state index contributed by atoms with van der Waals surface area (Å²) in [7, 11) is 1.67. The van der Waals surface area contributed by atoms with E-state index in [9.17, 15) is 4.79 Å². The van der Waals surface area contributed by atoms with E-state index in [0.29, 0.717) is 19.8 Å². The fourth-order valence-corrected chi connectivity index (χ4v) is 2.56. The molecule has 1 aliphatic heterocycles. The average Bonchev–Trinajstić information content (AvgIpc) is 2.61. The molecule has 0 aromatic carbocycles. The zero-order chi connectivity index (χ0) is 18.3. The van der Waals surface area contributed by atoms with Gasteiger partial charge in [0, 0.05) is 73.0 Å². The summed E-state index contributed by atoms with van der Waals surface area (Å²) in [5.41, 5.74) is 0. The van der Waals surface area contributed by atoms with Gasteiger partial charge in [-0.3, -0.25) is 14.7 Å². The van der Waals surface area contributed by atoms with Gasteiger partial charge < -0.3 is 25.0 Å². The largest absolute Gasteiger partial charge is 0.382 e. The first-order chi connectivity index (χ1) is 12.2. The summed E-state index contributed by atoms with van der Waals surface area (Å²) in [5.74, 6) is 1.02. The third-order valence-corrected chi connectivity index (χ3v) is 4.03. The molecule has 1 heterocycles. The number of aliphatic imine (C=N–C) groups is 1. The van der Waals surface area contributed by atoms with E-state index in [4.69, 9.17) is 9.47 Å². The Kier molecular flexibility index (Phi) is 12.0. The van der Waals surface area contributed by atoms with Crippen molar-refractivity contribution in [2.24, 2.45) is 4.99 Å². The van der Waals surface area contributed by atoms with Crippen LogP contribution in [0.3, 0.4) is 0 Å². The Morgan fingerprint density at radius 1 is 1.12 bits per heavy atom. The minimum Gasteiger partial charge on any atom is -0.382 e. The number of rotatable bonds is 11. The lowest BCUT2D eigenvalue weighted by molar-refractivity contribution is -0.130. The lowest BCUT2D eigenvalue weighted by Gasteiger charge is -2.34. The predicted molar refractivity (Wildman–Crippen MR) is 100.0 cm³/mol. The zero-order valence-electron chi connectivity index (χ0n) is 16.1. The van der Waals surface area contributed by atoms with Crippen LogP contribution in [0, 0.1) is 0 Å². The van der Waals surface area contributed by atoms with E-state index in [0.717, 1.165) is 64.7 Å². The second-order valence-electron chi connectivity index (χ2n) is 5.99. The molecular formula is C17H35N5O3. The second kappa shape index (κ2) is 13.9. The molecule has 8 nitrogen and oxygen atoms in total. The average molecular weight is 357 g/mol. The van der Waals surface area contributed by atoms with E-state index in [1.807, 2.05) is 4.90 Å². The van der Waals surface area contributed by atoms with Gasteiger partial charge in [-0.15, -0.1) is 0 Å². The molecule has 1 fully saturated rings. The first-order valence-corrected chi connectivity index (χ1v) is 9.24. The Bertz CT molecular complexity index is 384. The van der Waals surface area contributed by atoms with Crippen molar-refractivity contribution in [3.8, 4) is 0 Å². The Hall–Kier alpha value is -1.38. The summed E-state index contributed by atoms with van der Waals surface area (Å²) >= 11 is 0. The summed E-state index contributed by atoms with van der Waals surface area (Å²) in [4.78, 5) is 20.2. The van der Waals surface area contributed by atoms with Crippen molar-refractivity contribution >= 4 is 11.9 Å². The Morgan fingerprint density at radius 2 is 1.88 bits per heavy atom. The standard InChI is InChI=1S/C17H35N5O3/c1-4-18-17(19-6-5-13-25-15-14-24-3)20-7-8-21-9-11-22(12-10-21)16(2)23/h4-15H2,1-3H3,(H2,18,19,20). The predicted octanol–water partition coefficient (Wildman–Crippen LogP) is -0.241. The number of hydrogen-bond acceptors (Lipinski definition) is 5. The molecule has 0 unspecified atom stereocenters. The molecule has 25 heavy (non-hydrogen) atoms. The molecule has 0 aromatic rings. The van der Waals surface area contributed by atoms with Crippen LogP contribution in [0.2, 0.25) is 0 Å². The van der Waals surface area contributed by atoms with Crippen LogP contribution in [0.25, 0.3) is 0 Å². The number of nitrogens with zero attached hydrogens (tertiary/aromatic N) is 3. The summed E-state index contributed by atoms with van der Waals surface area (Å²) < 4.78 is 10.4. The molecular weight excluding hydrogens is 322 g/mol. The number of piperazine rings is 1. The van der Waals surface area contributed by atoms with Gasteiger partial charge in [0.15, 0.2) is 5.96 Å². The molecule has 8 heteroatoms. The molecule has 0 radical (unpaired) electrons. The van der Waals surface area contributed by atoms with Gasteiger partial charge in [-0.1, -0.05) is 0 Å². The van der Waals surface area contributed by atoms with E-state index in [2.05, 4.69) is 27.4 Å². The smallest absolute Gasteiger partial charge is 0.219 e. The van der Waals surface area contributed by atoms with Crippen molar-refractivity contribution in [1.82, 2.24) is 20.4 Å². The van der Waals surface area contributed by atoms with Crippen molar-refractivity contribution in [1.29, 1.82) is 0 Å². The molecule has 1 amide bonds. The van der Waals surface area contributed by atoms with Crippen LogP contribution in [-0.4, -0.2) is 101 Å². The van der Waals surface area contributed by atoms with E-state index in [1.54, 1.807) is 14.0 Å². The van der Waals surface area contributed by atoms with E-state index in [-0.39, 0.29) is 5.91 Å². The normalized spacial score (nSPS) is 16.1. The van der Waals surface area contributed by atoms with Crippen LogP contribution in [0.1, 0.15) is 20.3 Å². The number of methoxy groups -OCH3 is 1. The summed E-state index contributed by atoms with van der Waals surface area (Å²) in [6.45, 7) is 12.6. The third kappa shape index (κ3) is 10.3. The zero-order valence-corrected chi connectivity index (χ0v) is 16.1. The quantitative estimate of drug-likeness (QED) is 0.302. The number of carbonyl (C=O) groups excluding carboxylic acids is 1. The number of hydrogen-bond donors (Lipinski definition) is 2. The van der Waals surface area contributed by atoms with Gasteiger partial charge in [-0.2, -0.15) is 0 Å². The van der Waals surface area contributed by atoms with Gasteiger partial charge in [0.25, 0.3) is 0 Å². The highest BCUT2D eigenvalue weighted by Crippen LogP contribution is 2.00. The van der Waals surface area contributed by atoms with Crippen molar-refractivity contribution < 1.29 is 14.3 Å². The maximum absolute atomic E-state index is 11.3. The van der Waals surface area contributed by atoms with Crippen LogP contribution in [-0.2, 0) is 14.3 Å². The minimum atomic E-state index is 0.172. The minimum absolute atomic E-state index is 0.172. The molecule has 0 bridgehead atoms. The van der Waals surface area contributed by atoms with Crippen LogP contribution in [0.15, 0.2) is 4.99 Å². The fourth-order valence-electron chi connectivity index (χ4n) is 2.56. The number of nitrogens with one attached hydrogen (secondary N) is 2. The van der Waals surface area contributed by atoms with Crippen molar-refractivity contribution in [2.75, 3.05) is 79.3 Å². The molecule has 1 rings (SSSR count). The van der Waals surface area contributed by atoms with Crippen molar-refractivity contribution in [3.63, 3.8) is 0 Å². The molecule has 146 valence electrons. The number of carbonyl (C=O) groups is 1. The van der Waals surface area contributed by atoms with E-state index in [1.165, 1.54) is 0 Å². The van der Waals surface area contributed by atoms with E-state index < -0.39 is 0 Å². The van der Waals surface area contributed by atoms with Crippen LogP contribution >= 0.6 is 0 Å². The van der Waals surface area contributed by atoms with Gasteiger partial charge in [0.2, 0.25) is 5.91 Å². The van der Waals surface area contributed by atoms with Gasteiger partial charge in [0.05, 0.1) is 13.2 Å². The molecule has 2 N–H and O–H groups in total. The van der Waals surface area contributed by atoms with Gasteiger partial charge in [0.1, 0.15) is 0 Å². The third-order valence-electron chi connectivity index (χ3n) is 4.03. The van der Waals surface area contributed by atoms with Crippen LogP contribution in [0.4, 0.5) is 0 Å². The topological polar surface area (TPSA) is 78.4 Å². The molecule has 0 atom stereocenters. The van der Waals surface area contributed by atoms with Crippen LogP contribution < -0.4 is 10.6 Å². The summed E-state index contributed by atoms with van der Waals surface area (Å²) in [6.07, 6.45) is 0.896. The second-order valence-corrected chi connectivity index (χ2v) is 5.99. The maximum atomic E-state index is 11.3.